The summed E-state index contributed by atoms with van der Waals surface area (Å²) in [4.78, 5) is 27.7. The van der Waals surface area contributed by atoms with E-state index >= 15 is 0 Å². The average Bonchev–Trinajstić information content (AvgIpc) is 2.65. The molecule has 0 saturated carbocycles. The van der Waals surface area contributed by atoms with Gasteiger partial charge in [-0.3, -0.25) is 9.59 Å². The fourth-order valence-corrected chi connectivity index (χ4v) is 3.48. The molecule has 1 aliphatic heterocycles. The number of para-hydroxylation sites is 1. The molecule has 2 atom stereocenters. The minimum atomic E-state index is -0.541. The summed E-state index contributed by atoms with van der Waals surface area (Å²) in [6.45, 7) is 6.32. The fourth-order valence-electron chi connectivity index (χ4n) is 3.48. The van der Waals surface area contributed by atoms with Crippen molar-refractivity contribution in [1.82, 2.24) is 15.5 Å². The second kappa shape index (κ2) is 9.57. The number of nitrogens with zero attached hydrogens (tertiary/aromatic N) is 1. The molecule has 2 rings (SSSR count). The van der Waals surface area contributed by atoms with E-state index in [1.54, 1.807) is 18.2 Å². The van der Waals surface area contributed by atoms with Crippen molar-refractivity contribution >= 4 is 11.8 Å². The van der Waals surface area contributed by atoms with Crippen LogP contribution in [0.15, 0.2) is 24.3 Å². The van der Waals surface area contributed by atoms with Crippen LogP contribution in [0.5, 0.6) is 5.75 Å². The maximum absolute atomic E-state index is 13.1. The van der Waals surface area contributed by atoms with Crippen LogP contribution in [-0.2, 0) is 4.79 Å². The summed E-state index contributed by atoms with van der Waals surface area (Å²) in [5.74, 6) is 0.704. The Morgan fingerprint density at radius 1 is 1.31 bits per heavy atom. The van der Waals surface area contributed by atoms with Gasteiger partial charge in [-0.2, -0.15) is 0 Å². The Hall–Kier alpha value is -2.08. The highest BCUT2D eigenvalue weighted by Gasteiger charge is 2.32. The molecule has 1 aromatic rings. The Bertz CT molecular complexity index is 616. The van der Waals surface area contributed by atoms with Gasteiger partial charge in [-0.1, -0.05) is 26.0 Å². The predicted molar refractivity (Wildman–Crippen MR) is 102 cm³/mol. The summed E-state index contributed by atoms with van der Waals surface area (Å²) in [6, 6.07) is 6.52. The molecule has 144 valence electrons. The Balaban J connectivity index is 2.10. The fraction of sp³-hybridized carbons (Fsp3) is 0.600. The summed E-state index contributed by atoms with van der Waals surface area (Å²) in [7, 11) is 3.47. The lowest BCUT2D eigenvalue weighted by Crippen LogP contribution is -2.54. The third-order valence-corrected chi connectivity index (χ3v) is 4.89. The number of likely N-dealkylation sites (tertiary alicyclic amines) is 1. The van der Waals surface area contributed by atoms with Crippen molar-refractivity contribution in [2.24, 2.45) is 11.8 Å². The second-order valence-corrected chi connectivity index (χ2v) is 7.25. The summed E-state index contributed by atoms with van der Waals surface area (Å²) < 4.78 is 5.26. The smallest absolute Gasteiger partial charge is 0.255 e. The molecule has 26 heavy (non-hydrogen) atoms. The van der Waals surface area contributed by atoms with Crippen LogP contribution >= 0.6 is 0 Å². The molecule has 2 N–H and O–H groups in total. The van der Waals surface area contributed by atoms with Crippen LogP contribution in [0.1, 0.15) is 37.0 Å². The number of amides is 2. The average molecular weight is 361 g/mol. The monoisotopic (exact) mass is 361 g/mol. The minimum absolute atomic E-state index is 0.00375. The van der Waals surface area contributed by atoms with Crippen LogP contribution in [0.2, 0.25) is 0 Å². The standard InChI is InChI=1S/C20H31N3O3/c1-14(2)18(20(25)23-11-7-8-15(13-23)12-21-3)22-19(24)16-9-5-6-10-17(16)26-4/h5-6,9-10,14-15,18,21H,7-8,11-13H2,1-4H3,(H,22,24). The van der Waals surface area contributed by atoms with Crippen molar-refractivity contribution in [2.75, 3.05) is 33.8 Å². The molecule has 6 nitrogen and oxygen atoms in total. The topological polar surface area (TPSA) is 70.7 Å². The number of benzene rings is 1. The summed E-state index contributed by atoms with van der Waals surface area (Å²) in [6.07, 6.45) is 2.13. The summed E-state index contributed by atoms with van der Waals surface area (Å²) in [5.41, 5.74) is 0.445. The highest BCUT2D eigenvalue weighted by Crippen LogP contribution is 2.20. The third-order valence-electron chi connectivity index (χ3n) is 4.89. The van der Waals surface area contributed by atoms with Crippen molar-refractivity contribution < 1.29 is 14.3 Å². The van der Waals surface area contributed by atoms with E-state index in [1.165, 1.54) is 7.11 Å². The quantitative estimate of drug-likeness (QED) is 0.778. The number of carbonyl (C=O) groups excluding carboxylic acids is 2. The lowest BCUT2D eigenvalue weighted by atomic mass is 9.95. The van der Waals surface area contributed by atoms with Crippen molar-refractivity contribution in [3.8, 4) is 5.75 Å². The zero-order valence-corrected chi connectivity index (χ0v) is 16.2. The van der Waals surface area contributed by atoms with Gasteiger partial charge in [-0.05, 0) is 50.4 Å². The Labute approximate surface area is 156 Å². The maximum atomic E-state index is 13.1. The van der Waals surface area contributed by atoms with E-state index in [1.807, 2.05) is 31.9 Å². The van der Waals surface area contributed by atoms with Crippen LogP contribution in [0.4, 0.5) is 0 Å². The molecule has 2 unspecified atom stereocenters. The Kier molecular flexibility index (Phi) is 7.45. The van der Waals surface area contributed by atoms with E-state index in [0.717, 1.165) is 32.5 Å². The number of hydrogen-bond acceptors (Lipinski definition) is 4. The Morgan fingerprint density at radius 2 is 2.04 bits per heavy atom. The van der Waals surface area contributed by atoms with Gasteiger partial charge in [0.25, 0.3) is 5.91 Å². The third kappa shape index (κ3) is 4.97. The lowest BCUT2D eigenvalue weighted by Gasteiger charge is -2.36. The first-order valence-electron chi connectivity index (χ1n) is 9.35. The van der Waals surface area contributed by atoms with Crippen molar-refractivity contribution in [3.05, 3.63) is 29.8 Å². The van der Waals surface area contributed by atoms with E-state index in [2.05, 4.69) is 10.6 Å². The molecule has 0 aromatic heterocycles. The van der Waals surface area contributed by atoms with E-state index in [-0.39, 0.29) is 17.7 Å². The molecule has 6 heteroatoms. The highest BCUT2D eigenvalue weighted by molar-refractivity contribution is 5.99. The molecule has 1 aromatic carbocycles. The van der Waals surface area contributed by atoms with Crippen LogP contribution in [0.25, 0.3) is 0 Å². The molecule has 0 spiro atoms. The molecule has 1 heterocycles. The molecular formula is C20H31N3O3. The van der Waals surface area contributed by atoms with Crippen LogP contribution in [0.3, 0.4) is 0 Å². The first-order valence-corrected chi connectivity index (χ1v) is 9.35. The minimum Gasteiger partial charge on any atom is -0.496 e. The van der Waals surface area contributed by atoms with Gasteiger partial charge in [-0.15, -0.1) is 0 Å². The molecule has 1 aliphatic rings. The van der Waals surface area contributed by atoms with Crippen LogP contribution in [0, 0.1) is 11.8 Å². The summed E-state index contributed by atoms with van der Waals surface area (Å²) >= 11 is 0. The SMILES string of the molecule is CNCC1CCCN(C(=O)C(NC(=O)c2ccccc2OC)C(C)C)C1. The van der Waals surface area contributed by atoms with E-state index in [4.69, 9.17) is 4.74 Å². The molecule has 0 aliphatic carbocycles. The predicted octanol–water partition coefficient (Wildman–Crippen LogP) is 1.91. The molecule has 1 saturated heterocycles. The lowest BCUT2D eigenvalue weighted by molar-refractivity contribution is -0.136. The normalized spacial score (nSPS) is 18.5. The first kappa shape index (κ1) is 20.2. The highest BCUT2D eigenvalue weighted by atomic mass is 16.5. The van der Waals surface area contributed by atoms with Crippen molar-refractivity contribution in [3.63, 3.8) is 0 Å². The van der Waals surface area contributed by atoms with Gasteiger partial charge < -0.3 is 20.3 Å². The van der Waals surface area contributed by atoms with Gasteiger partial charge in [0.1, 0.15) is 11.8 Å². The zero-order valence-electron chi connectivity index (χ0n) is 16.2. The van der Waals surface area contributed by atoms with Gasteiger partial charge in [0.05, 0.1) is 12.7 Å². The van der Waals surface area contributed by atoms with Gasteiger partial charge in [0.2, 0.25) is 5.91 Å². The van der Waals surface area contributed by atoms with E-state index in [9.17, 15) is 9.59 Å². The van der Waals surface area contributed by atoms with Gasteiger partial charge in [0.15, 0.2) is 0 Å². The number of methoxy groups -OCH3 is 1. The van der Waals surface area contributed by atoms with E-state index < -0.39 is 6.04 Å². The number of hydrogen-bond donors (Lipinski definition) is 2. The number of ether oxygens (including phenoxy) is 1. The molecule has 0 bridgehead atoms. The van der Waals surface area contributed by atoms with Crippen molar-refractivity contribution in [1.29, 1.82) is 0 Å². The molecule has 1 fully saturated rings. The largest absolute Gasteiger partial charge is 0.496 e. The zero-order chi connectivity index (χ0) is 19.1. The van der Waals surface area contributed by atoms with Crippen molar-refractivity contribution in [2.45, 2.75) is 32.7 Å². The summed E-state index contributed by atoms with van der Waals surface area (Å²) in [5, 5.41) is 6.12. The second-order valence-electron chi connectivity index (χ2n) is 7.25. The van der Waals surface area contributed by atoms with Crippen LogP contribution in [-0.4, -0.2) is 56.5 Å². The maximum Gasteiger partial charge on any atom is 0.255 e. The Morgan fingerprint density at radius 3 is 2.69 bits per heavy atom. The number of piperidine rings is 1. The van der Waals surface area contributed by atoms with Crippen LogP contribution < -0.4 is 15.4 Å². The molecular weight excluding hydrogens is 330 g/mol. The number of nitrogens with one attached hydrogen (secondary N) is 2. The molecule has 0 radical (unpaired) electrons. The van der Waals surface area contributed by atoms with Gasteiger partial charge >= 0.3 is 0 Å². The van der Waals surface area contributed by atoms with Gasteiger partial charge in [-0.25, -0.2) is 0 Å². The van der Waals surface area contributed by atoms with E-state index in [0.29, 0.717) is 17.2 Å². The number of rotatable bonds is 7. The van der Waals surface area contributed by atoms with Gasteiger partial charge in [0, 0.05) is 13.1 Å². The molecule has 2 amide bonds. The first-order chi connectivity index (χ1) is 12.5. The number of carbonyl (C=O) groups is 2.